The van der Waals surface area contributed by atoms with E-state index in [9.17, 15) is 13.6 Å². The lowest BCUT2D eigenvalue weighted by Crippen LogP contribution is -2.23. The van der Waals surface area contributed by atoms with E-state index in [4.69, 9.17) is 11.6 Å². The Balaban J connectivity index is 1.61. The van der Waals surface area contributed by atoms with Crippen molar-refractivity contribution in [2.45, 2.75) is 23.9 Å². The first-order chi connectivity index (χ1) is 15.9. The Bertz CT molecular complexity index is 1280. The van der Waals surface area contributed by atoms with E-state index in [1.54, 1.807) is 13.0 Å². The van der Waals surface area contributed by atoms with Crippen LogP contribution in [0.1, 0.15) is 12.5 Å². The number of nitrogens with one attached hydrogen (secondary N) is 1. The molecule has 1 amide bonds. The monoisotopic (exact) mass is 484 g/mol. The average molecular weight is 485 g/mol. The lowest BCUT2D eigenvalue weighted by atomic mass is 10.2. The van der Waals surface area contributed by atoms with Crippen LogP contribution in [-0.4, -0.2) is 25.9 Å². The van der Waals surface area contributed by atoms with Gasteiger partial charge < -0.3 is 5.32 Å². The summed E-state index contributed by atoms with van der Waals surface area (Å²) in [6, 6.07) is 20.1. The molecule has 4 aromatic rings. The summed E-state index contributed by atoms with van der Waals surface area (Å²) in [5, 5.41) is 11.5. The minimum atomic E-state index is -0.839. The third kappa shape index (κ3) is 5.40. The predicted octanol–water partition coefficient (Wildman–Crippen LogP) is 6.04. The SMILES string of the molecule is CC(Sc1nnc(-c2ccccc2Cl)n1Cc1ccccc1)C(=O)Nc1ccc(F)cc1F. The number of carbonyl (C=O) groups is 1. The molecule has 0 spiro atoms. The second-order valence-corrected chi connectivity index (χ2v) is 8.95. The fraction of sp³-hybridized carbons (Fsp3) is 0.125. The van der Waals surface area contributed by atoms with Crippen molar-refractivity contribution in [3.8, 4) is 11.4 Å². The first-order valence-corrected chi connectivity index (χ1v) is 11.3. The van der Waals surface area contributed by atoms with Crippen LogP contribution in [0.25, 0.3) is 11.4 Å². The van der Waals surface area contributed by atoms with Gasteiger partial charge >= 0.3 is 0 Å². The second kappa shape index (κ2) is 10.1. The molecule has 0 aliphatic heterocycles. The maximum Gasteiger partial charge on any atom is 0.237 e. The summed E-state index contributed by atoms with van der Waals surface area (Å²) in [6.07, 6.45) is 0. The first-order valence-electron chi connectivity index (χ1n) is 10.1. The number of benzene rings is 3. The fourth-order valence-corrected chi connectivity index (χ4v) is 4.23. The smallest absolute Gasteiger partial charge is 0.237 e. The van der Waals surface area contributed by atoms with E-state index in [1.807, 2.05) is 53.1 Å². The van der Waals surface area contributed by atoms with Crippen LogP contribution in [0.3, 0.4) is 0 Å². The van der Waals surface area contributed by atoms with Gasteiger partial charge in [0.2, 0.25) is 5.91 Å². The fourth-order valence-electron chi connectivity index (χ4n) is 3.16. The number of halogens is 3. The van der Waals surface area contributed by atoms with Gasteiger partial charge in [-0.3, -0.25) is 9.36 Å². The highest BCUT2D eigenvalue weighted by Gasteiger charge is 2.22. The molecule has 0 saturated carbocycles. The zero-order chi connectivity index (χ0) is 23.4. The van der Waals surface area contributed by atoms with Gasteiger partial charge in [0.15, 0.2) is 11.0 Å². The van der Waals surface area contributed by atoms with Crippen molar-refractivity contribution in [3.05, 3.63) is 95.0 Å². The Kier molecular flexibility index (Phi) is 7.05. The number of hydrogen-bond donors (Lipinski definition) is 1. The van der Waals surface area contributed by atoms with Crippen molar-refractivity contribution in [3.63, 3.8) is 0 Å². The van der Waals surface area contributed by atoms with E-state index in [2.05, 4.69) is 15.5 Å². The van der Waals surface area contributed by atoms with Crippen molar-refractivity contribution in [1.29, 1.82) is 0 Å². The van der Waals surface area contributed by atoms with Crippen molar-refractivity contribution >= 4 is 35.0 Å². The normalized spacial score (nSPS) is 11.9. The van der Waals surface area contributed by atoms with E-state index in [-0.39, 0.29) is 5.69 Å². The molecule has 1 unspecified atom stereocenters. The van der Waals surface area contributed by atoms with Crippen LogP contribution in [-0.2, 0) is 11.3 Å². The molecule has 1 aromatic heterocycles. The van der Waals surface area contributed by atoms with Crippen LogP contribution in [0.15, 0.2) is 78.0 Å². The van der Waals surface area contributed by atoms with Crippen molar-refractivity contribution in [1.82, 2.24) is 14.8 Å². The molecule has 1 heterocycles. The number of thioether (sulfide) groups is 1. The molecule has 0 saturated heterocycles. The number of anilines is 1. The molecule has 33 heavy (non-hydrogen) atoms. The van der Waals surface area contributed by atoms with Gasteiger partial charge in [0.25, 0.3) is 0 Å². The lowest BCUT2D eigenvalue weighted by Gasteiger charge is -2.14. The molecule has 1 N–H and O–H groups in total. The molecule has 4 rings (SSSR count). The summed E-state index contributed by atoms with van der Waals surface area (Å²) >= 11 is 7.59. The highest BCUT2D eigenvalue weighted by atomic mass is 35.5. The summed E-state index contributed by atoms with van der Waals surface area (Å²) in [5.41, 5.74) is 1.66. The van der Waals surface area contributed by atoms with Gasteiger partial charge in [-0.25, -0.2) is 8.78 Å². The molecule has 0 fully saturated rings. The van der Waals surface area contributed by atoms with Crippen LogP contribution < -0.4 is 5.32 Å². The summed E-state index contributed by atoms with van der Waals surface area (Å²) < 4.78 is 29.0. The molecule has 0 aliphatic carbocycles. The zero-order valence-corrected chi connectivity index (χ0v) is 19.1. The summed E-state index contributed by atoms with van der Waals surface area (Å²) in [6.45, 7) is 2.15. The van der Waals surface area contributed by atoms with Crippen LogP contribution in [0.4, 0.5) is 14.5 Å². The van der Waals surface area contributed by atoms with Crippen molar-refractivity contribution in [2.75, 3.05) is 5.32 Å². The number of aromatic nitrogens is 3. The molecule has 0 bridgehead atoms. The summed E-state index contributed by atoms with van der Waals surface area (Å²) in [4.78, 5) is 12.7. The first kappa shape index (κ1) is 22.9. The van der Waals surface area contributed by atoms with Gasteiger partial charge in [-0.05, 0) is 36.8 Å². The number of rotatable bonds is 7. The Hall–Kier alpha value is -3.23. The number of amides is 1. The number of nitrogens with zero attached hydrogens (tertiary/aromatic N) is 3. The van der Waals surface area contributed by atoms with Crippen LogP contribution in [0.2, 0.25) is 5.02 Å². The zero-order valence-electron chi connectivity index (χ0n) is 17.5. The molecule has 0 radical (unpaired) electrons. The van der Waals surface area contributed by atoms with Gasteiger partial charge in [0.1, 0.15) is 11.6 Å². The van der Waals surface area contributed by atoms with Gasteiger partial charge in [-0.2, -0.15) is 0 Å². The van der Waals surface area contributed by atoms with E-state index in [0.717, 1.165) is 23.3 Å². The van der Waals surface area contributed by atoms with E-state index in [0.29, 0.717) is 22.5 Å². The minimum Gasteiger partial charge on any atom is -0.323 e. The van der Waals surface area contributed by atoms with Gasteiger partial charge in [-0.15, -0.1) is 10.2 Å². The maximum absolute atomic E-state index is 13.9. The molecular formula is C24H19ClF2N4OS. The molecule has 5 nitrogen and oxygen atoms in total. The largest absolute Gasteiger partial charge is 0.323 e. The average Bonchev–Trinajstić information content (AvgIpc) is 3.18. The quantitative estimate of drug-likeness (QED) is 0.325. The Labute approximate surface area is 198 Å². The Morgan fingerprint density at radius 1 is 1.06 bits per heavy atom. The van der Waals surface area contributed by atoms with E-state index in [1.165, 1.54) is 17.8 Å². The van der Waals surface area contributed by atoms with E-state index < -0.39 is 22.8 Å². The van der Waals surface area contributed by atoms with Crippen molar-refractivity contribution in [2.24, 2.45) is 0 Å². The molecular weight excluding hydrogens is 466 g/mol. The van der Waals surface area contributed by atoms with Crippen LogP contribution in [0, 0.1) is 11.6 Å². The third-order valence-corrected chi connectivity index (χ3v) is 6.27. The number of carbonyl (C=O) groups excluding carboxylic acids is 1. The molecule has 168 valence electrons. The third-order valence-electron chi connectivity index (χ3n) is 4.86. The van der Waals surface area contributed by atoms with Crippen LogP contribution >= 0.6 is 23.4 Å². The van der Waals surface area contributed by atoms with E-state index >= 15 is 0 Å². The highest BCUT2D eigenvalue weighted by Crippen LogP contribution is 2.31. The topological polar surface area (TPSA) is 59.8 Å². The van der Waals surface area contributed by atoms with Gasteiger partial charge in [-0.1, -0.05) is 65.8 Å². The molecule has 0 aliphatic rings. The Morgan fingerprint density at radius 3 is 2.52 bits per heavy atom. The standard InChI is InChI=1S/C24H19ClF2N4OS/c1-15(23(32)28-21-12-11-17(26)13-20(21)27)33-24-30-29-22(18-9-5-6-10-19(18)25)31(24)14-16-7-3-2-4-8-16/h2-13,15H,14H2,1H3,(H,28,32). The van der Waals surface area contributed by atoms with Gasteiger partial charge in [0.05, 0.1) is 22.5 Å². The predicted molar refractivity (Wildman–Crippen MR) is 126 cm³/mol. The second-order valence-electron chi connectivity index (χ2n) is 7.23. The summed E-state index contributed by atoms with van der Waals surface area (Å²) in [7, 11) is 0. The van der Waals surface area contributed by atoms with Crippen molar-refractivity contribution < 1.29 is 13.6 Å². The minimum absolute atomic E-state index is 0.0867. The molecule has 1 atom stereocenters. The highest BCUT2D eigenvalue weighted by molar-refractivity contribution is 8.00. The number of hydrogen-bond acceptors (Lipinski definition) is 4. The molecule has 3 aromatic carbocycles. The molecule has 9 heteroatoms. The van der Waals surface area contributed by atoms with Crippen LogP contribution in [0.5, 0.6) is 0 Å². The summed E-state index contributed by atoms with van der Waals surface area (Å²) in [5.74, 6) is -1.42. The maximum atomic E-state index is 13.9. The Morgan fingerprint density at radius 2 is 1.79 bits per heavy atom. The lowest BCUT2D eigenvalue weighted by molar-refractivity contribution is -0.115. The van der Waals surface area contributed by atoms with Gasteiger partial charge in [0, 0.05) is 11.6 Å².